The number of carbonyl (C=O) groups is 1. The molecule has 2 aliphatic heterocycles. The molecule has 0 fully saturated rings. The van der Waals surface area contributed by atoms with E-state index < -0.39 is 11.4 Å². The lowest BCUT2D eigenvalue weighted by atomic mass is 9.74. The molecule has 4 heteroatoms. The number of fused-ring (bicyclic) bond motifs is 1. The van der Waals surface area contributed by atoms with E-state index in [0.29, 0.717) is 17.9 Å². The highest BCUT2D eigenvalue weighted by Crippen LogP contribution is 2.52. The summed E-state index contributed by atoms with van der Waals surface area (Å²) >= 11 is 0. The van der Waals surface area contributed by atoms with Crippen molar-refractivity contribution in [2.75, 3.05) is 13.7 Å². The van der Waals surface area contributed by atoms with Gasteiger partial charge in [0.05, 0.1) is 12.2 Å². The molecular formula is C20H18O4. The summed E-state index contributed by atoms with van der Waals surface area (Å²) in [5.74, 6) is -1.00. The Labute approximate surface area is 140 Å². The second kappa shape index (κ2) is 5.30. The van der Waals surface area contributed by atoms with Crippen LogP contribution in [-0.2, 0) is 15.3 Å². The van der Waals surface area contributed by atoms with Crippen LogP contribution in [0.2, 0.25) is 0 Å². The zero-order valence-corrected chi connectivity index (χ0v) is 13.6. The van der Waals surface area contributed by atoms with Gasteiger partial charge in [-0.1, -0.05) is 48.5 Å². The molecule has 24 heavy (non-hydrogen) atoms. The van der Waals surface area contributed by atoms with Crippen LogP contribution in [0.1, 0.15) is 22.8 Å². The maximum Gasteiger partial charge on any atom is 0.278 e. The molecular weight excluding hydrogens is 304 g/mol. The summed E-state index contributed by atoms with van der Waals surface area (Å²) in [4.78, 5) is 13.5. The van der Waals surface area contributed by atoms with Crippen molar-refractivity contribution < 1.29 is 19.0 Å². The molecule has 2 aromatic carbocycles. The van der Waals surface area contributed by atoms with Crippen molar-refractivity contribution in [1.29, 1.82) is 0 Å². The van der Waals surface area contributed by atoms with E-state index in [0.717, 1.165) is 11.1 Å². The fourth-order valence-electron chi connectivity index (χ4n) is 3.68. The number of rotatable bonds is 2. The topological polar surface area (TPSA) is 44.8 Å². The molecule has 0 amide bonds. The van der Waals surface area contributed by atoms with Crippen LogP contribution in [0.15, 0.2) is 66.2 Å². The normalized spacial score (nSPS) is 28.4. The van der Waals surface area contributed by atoms with E-state index in [-0.39, 0.29) is 5.78 Å². The fourth-order valence-corrected chi connectivity index (χ4v) is 3.68. The molecule has 4 nitrogen and oxygen atoms in total. The molecule has 0 unspecified atom stereocenters. The first-order chi connectivity index (χ1) is 11.7. The van der Waals surface area contributed by atoms with Crippen molar-refractivity contribution in [1.82, 2.24) is 0 Å². The van der Waals surface area contributed by atoms with E-state index in [1.54, 1.807) is 19.2 Å². The number of ketones is 1. The molecule has 0 saturated heterocycles. The SMILES string of the molecule is CO[C@@]1(c2ccccc2)Oc2ccccc2C(=O)[C@@]12OCC=C2C. The molecule has 122 valence electrons. The minimum atomic E-state index is -1.36. The van der Waals surface area contributed by atoms with Crippen LogP contribution in [0.4, 0.5) is 0 Å². The lowest BCUT2D eigenvalue weighted by Gasteiger charge is -2.49. The molecule has 0 radical (unpaired) electrons. The van der Waals surface area contributed by atoms with E-state index in [1.165, 1.54) is 0 Å². The third-order valence-corrected chi connectivity index (χ3v) is 4.85. The molecule has 2 atom stereocenters. The molecule has 1 spiro atoms. The minimum Gasteiger partial charge on any atom is -0.453 e. The number of ether oxygens (including phenoxy) is 3. The van der Waals surface area contributed by atoms with E-state index in [1.807, 2.05) is 55.5 Å². The first-order valence-corrected chi connectivity index (χ1v) is 7.90. The Bertz CT molecular complexity index is 827. The molecule has 2 aliphatic rings. The highest BCUT2D eigenvalue weighted by molar-refractivity contribution is 6.09. The van der Waals surface area contributed by atoms with E-state index in [4.69, 9.17) is 14.2 Å². The third kappa shape index (κ3) is 1.72. The van der Waals surface area contributed by atoms with Crippen molar-refractivity contribution >= 4 is 5.78 Å². The van der Waals surface area contributed by atoms with Crippen LogP contribution in [0.3, 0.4) is 0 Å². The van der Waals surface area contributed by atoms with Gasteiger partial charge in [-0.05, 0) is 24.6 Å². The first-order valence-electron chi connectivity index (χ1n) is 7.90. The Morgan fingerprint density at radius 1 is 1.04 bits per heavy atom. The van der Waals surface area contributed by atoms with E-state index in [2.05, 4.69) is 0 Å². The number of hydrogen-bond acceptors (Lipinski definition) is 4. The van der Waals surface area contributed by atoms with E-state index >= 15 is 0 Å². The number of Topliss-reactive ketones (excluding diaryl/α,β-unsaturated/α-hetero) is 1. The largest absolute Gasteiger partial charge is 0.453 e. The third-order valence-electron chi connectivity index (χ3n) is 4.85. The predicted octanol–water partition coefficient (Wildman–Crippen LogP) is 3.48. The molecule has 0 aromatic heterocycles. The Balaban J connectivity index is 2.04. The van der Waals surface area contributed by atoms with Gasteiger partial charge in [0.1, 0.15) is 5.75 Å². The van der Waals surface area contributed by atoms with Gasteiger partial charge in [-0.25, -0.2) is 0 Å². The molecule has 0 aliphatic carbocycles. The summed E-state index contributed by atoms with van der Waals surface area (Å²) in [6.45, 7) is 2.24. The standard InChI is InChI=1S/C20H18O4/c1-14-12-13-23-19(14)18(21)16-10-6-7-11-17(16)24-20(19,22-2)15-8-4-3-5-9-15/h3-12H,13H2,1-2H3/t19-,20+/m1/s1. The zero-order valence-electron chi connectivity index (χ0n) is 13.6. The minimum absolute atomic E-state index is 0.138. The van der Waals surface area contributed by atoms with Crippen LogP contribution in [0.5, 0.6) is 5.75 Å². The van der Waals surface area contributed by atoms with Crippen LogP contribution in [0.25, 0.3) is 0 Å². The van der Waals surface area contributed by atoms with Gasteiger partial charge in [0.2, 0.25) is 11.4 Å². The van der Waals surface area contributed by atoms with Gasteiger partial charge in [-0.3, -0.25) is 4.79 Å². The summed E-state index contributed by atoms with van der Waals surface area (Å²) in [5, 5.41) is 0. The molecule has 0 saturated carbocycles. The monoisotopic (exact) mass is 322 g/mol. The number of methoxy groups -OCH3 is 1. The summed E-state index contributed by atoms with van der Waals surface area (Å²) in [5.41, 5.74) is 0.728. The lowest BCUT2D eigenvalue weighted by molar-refractivity contribution is -0.260. The van der Waals surface area contributed by atoms with Gasteiger partial charge in [-0.15, -0.1) is 0 Å². The summed E-state index contributed by atoms with van der Waals surface area (Å²) in [7, 11) is 1.55. The Kier molecular flexibility index (Phi) is 3.34. The molecule has 4 rings (SSSR count). The Hall–Kier alpha value is -2.43. The van der Waals surface area contributed by atoms with Gasteiger partial charge in [0.15, 0.2) is 0 Å². The van der Waals surface area contributed by atoms with Gasteiger partial charge in [0, 0.05) is 12.7 Å². The first kappa shape index (κ1) is 15.1. The molecule has 2 aromatic rings. The van der Waals surface area contributed by atoms with Crippen molar-refractivity contribution in [3.63, 3.8) is 0 Å². The quantitative estimate of drug-likeness (QED) is 0.794. The Morgan fingerprint density at radius 3 is 2.42 bits per heavy atom. The average molecular weight is 322 g/mol. The highest BCUT2D eigenvalue weighted by Gasteiger charge is 2.67. The fraction of sp³-hybridized carbons (Fsp3) is 0.250. The maximum absolute atomic E-state index is 13.5. The van der Waals surface area contributed by atoms with E-state index in [9.17, 15) is 4.79 Å². The zero-order chi connectivity index (χ0) is 16.8. The molecule has 2 heterocycles. The van der Waals surface area contributed by atoms with Crippen molar-refractivity contribution in [2.45, 2.75) is 18.3 Å². The second-order valence-electron chi connectivity index (χ2n) is 5.99. The number of hydrogen-bond donors (Lipinski definition) is 0. The van der Waals surface area contributed by atoms with Crippen molar-refractivity contribution in [3.8, 4) is 5.75 Å². The summed E-state index contributed by atoms with van der Waals surface area (Å²) < 4.78 is 18.2. The lowest BCUT2D eigenvalue weighted by Crippen LogP contribution is -2.64. The van der Waals surface area contributed by atoms with Crippen molar-refractivity contribution in [2.24, 2.45) is 0 Å². The number of benzene rings is 2. The van der Waals surface area contributed by atoms with Gasteiger partial charge < -0.3 is 14.2 Å². The summed E-state index contributed by atoms with van der Waals surface area (Å²) in [6.07, 6.45) is 1.91. The molecule has 0 bridgehead atoms. The highest BCUT2D eigenvalue weighted by atomic mass is 16.7. The van der Waals surface area contributed by atoms with Crippen LogP contribution in [0, 0.1) is 0 Å². The number of carbonyl (C=O) groups excluding carboxylic acids is 1. The molecule has 0 N–H and O–H groups in total. The van der Waals surface area contributed by atoms with Crippen LogP contribution in [-0.4, -0.2) is 25.1 Å². The number of para-hydroxylation sites is 1. The van der Waals surface area contributed by atoms with Gasteiger partial charge in [-0.2, -0.15) is 0 Å². The average Bonchev–Trinajstić information content (AvgIpc) is 3.02. The van der Waals surface area contributed by atoms with Gasteiger partial charge >= 0.3 is 0 Å². The smallest absolute Gasteiger partial charge is 0.278 e. The second-order valence-corrected chi connectivity index (χ2v) is 5.99. The van der Waals surface area contributed by atoms with Crippen LogP contribution < -0.4 is 4.74 Å². The maximum atomic E-state index is 13.5. The van der Waals surface area contributed by atoms with Crippen molar-refractivity contribution in [3.05, 3.63) is 77.4 Å². The van der Waals surface area contributed by atoms with Crippen LogP contribution >= 0.6 is 0 Å². The summed E-state index contributed by atoms with van der Waals surface area (Å²) in [6, 6.07) is 16.7. The Morgan fingerprint density at radius 2 is 1.75 bits per heavy atom. The van der Waals surface area contributed by atoms with Gasteiger partial charge in [0.25, 0.3) is 5.79 Å². The predicted molar refractivity (Wildman–Crippen MR) is 89.0 cm³/mol.